The maximum Gasteiger partial charge on any atom is 0.491 e. The quantitative estimate of drug-likeness (QED) is 0.582. The van der Waals surface area contributed by atoms with Gasteiger partial charge in [-0.05, 0) is 5.56 Å². The summed E-state index contributed by atoms with van der Waals surface area (Å²) in [5, 5.41) is 4.46. The molecule has 2 amide bonds. The lowest BCUT2D eigenvalue weighted by Crippen LogP contribution is -2.59. The molecule has 0 spiro atoms. The van der Waals surface area contributed by atoms with Crippen LogP contribution in [-0.4, -0.2) is 24.0 Å². The van der Waals surface area contributed by atoms with Gasteiger partial charge in [-0.15, -0.1) is 0 Å². The van der Waals surface area contributed by atoms with Crippen LogP contribution in [0.4, 0.5) is 13.2 Å². The Hall–Kier alpha value is -3.36. The largest absolute Gasteiger partial charge is 0.491 e. The molecule has 9 heteroatoms. The van der Waals surface area contributed by atoms with Crippen LogP contribution in [0.15, 0.2) is 60.7 Å². The molecule has 6 nitrogen and oxygen atoms in total. The summed E-state index contributed by atoms with van der Waals surface area (Å²) in [6.07, 6.45) is -5.36. The number of benzene rings is 2. The van der Waals surface area contributed by atoms with Crippen molar-refractivity contribution in [1.82, 2.24) is 10.6 Å². The second-order valence-electron chi connectivity index (χ2n) is 5.78. The fourth-order valence-electron chi connectivity index (χ4n) is 2.41. The van der Waals surface area contributed by atoms with Crippen molar-refractivity contribution in [2.24, 2.45) is 0 Å². The second-order valence-corrected chi connectivity index (χ2v) is 5.78. The molecule has 0 radical (unpaired) electrons. The highest BCUT2D eigenvalue weighted by Crippen LogP contribution is 2.28. The van der Waals surface area contributed by atoms with Crippen molar-refractivity contribution in [2.45, 2.75) is 25.4 Å². The molecule has 0 saturated heterocycles. The van der Waals surface area contributed by atoms with Crippen LogP contribution in [0.25, 0.3) is 0 Å². The van der Waals surface area contributed by atoms with Crippen molar-refractivity contribution < 1.29 is 32.3 Å². The molecule has 0 bridgehead atoms. The molecule has 148 valence electrons. The smallest absolute Gasteiger partial charge is 0.418 e. The second kappa shape index (κ2) is 8.55. The Labute approximate surface area is 158 Å². The number of ether oxygens (including phenoxy) is 1. The molecule has 1 atom stereocenters. The molecule has 0 aliphatic rings. The van der Waals surface area contributed by atoms with Crippen molar-refractivity contribution in [3.63, 3.8) is 0 Å². The van der Waals surface area contributed by atoms with Crippen LogP contribution >= 0.6 is 0 Å². The van der Waals surface area contributed by atoms with Gasteiger partial charge in [-0.1, -0.05) is 60.7 Å². The van der Waals surface area contributed by atoms with Gasteiger partial charge in [-0.25, -0.2) is 4.79 Å². The number of esters is 1. The molecule has 2 N–H and O–H groups in total. The molecular formula is C19H17F3N2O4. The van der Waals surface area contributed by atoms with Crippen LogP contribution in [-0.2, 0) is 31.4 Å². The molecule has 0 fully saturated rings. The van der Waals surface area contributed by atoms with Gasteiger partial charge in [-0.2, -0.15) is 13.2 Å². The predicted octanol–water partition coefficient (Wildman–Crippen LogP) is 2.40. The van der Waals surface area contributed by atoms with Gasteiger partial charge in [0.2, 0.25) is 5.91 Å². The molecule has 0 aliphatic heterocycles. The maximum absolute atomic E-state index is 12.9. The van der Waals surface area contributed by atoms with Crippen LogP contribution in [0.1, 0.15) is 18.1 Å². The lowest BCUT2D eigenvalue weighted by Gasteiger charge is -2.33. The number of nitrogens with one attached hydrogen (secondary N) is 2. The highest BCUT2D eigenvalue weighted by molar-refractivity contribution is 5.93. The van der Waals surface area contributed by atoms with E-state index in [4.69, 9.17) is 0 Å². The van der Waals surface area contributed by atoms with Crippen molar-refractivity contribution >= 4 is 17.8 Å². The first-order valence-corrected chi connectivity index (χ1v) is 8.12. The fourth-order valence-corrected chi connectivity index (χ4v) is 2.41. The molecule has 0 heterocycles. The first kappa shape index (κ1) is 20.9. The summed E-state index contributed by atoms with van der Waals surface area (Å²) >= 11 is 0. The Morgan fingerprint density at radius 1 is 0.929 bits per heavy atom. The summed E-state index contributed by atoms with van der Waals surface area (Å²) in [5.74, 6) is -4.61. The van der Waals surface area contributed by atoms with E-state index in [1.54, 1.807) is 36.4 Å². The molecule has 2 aromatic rings. The first-order chi connectivity index (χ1) is 13.1. The van der Waals surface area contributed by atoms with Crippen LogP contribution in [0.5, 0.6) is 0 Å². The SMILES string of the molecule is CC(=O)NC(OC(=O)C(F)(F)F)(C(=O)NCc1ccccc1)c1ccccc1. The number of carbonyl (C=O) groups is 3. The Bertz CT molecular complexity index is 841. The summed E-state index contributed by atoms with van der Waals surface area (Å²) in [6, 6.07) is 15.5. The van der Waals surface area contributed by atoms with Gasteiger partial charge in [0.15, 0.2) is 0 Å². The Kier molecular flexibility index (Phi) is 6.40. The highest BCUT2D eigenvalue weighted by atomic mass is 19.4. The van der Waals surface area contributed by atoms with E-state index in [0.29, 0.717) is 5.56 Å². The number of amides is 2. The molecule has 0 aliphatic carbocycles. The summed E-state index contributed by atoms with van der Waals surface area (Å²) in [7, 11) is 0. The number of alkyl halides is 3. The van der Waals surface area contributed by atoms with E-state index >= 15 is 0 Å². The summed E-state index contributed by atoms with van der Waals surface area (Å²) in [4.78, 5) is 36.1. The van der Waals surface area contributed by atoms with E-state index in [1.165, 1.54) is 24.3 Å². The zero-order valence-electron chi connectivity index (χ0n) is 14.7. The average Bonchev–Trinajstić information content (AvgIpc) is 2.65. The van der Waals surface area contributed by atoms with E-state index in [0.717, 1.165) is 6.92 Å². The number of carbonyl (C=O) groups excluding carboxylic acids is 3. The summed E-state index contributed by atoms with van der Waals surface area (Å²) < 4.78 is 43.0. The normalized spacial score (nSPS) is 13.1. The number of halogens is 3. The third-order valence-corrected chi connectivity index (χ3v) is 3.63. The minimum absolute atomic E-state index is 0.0581. The van der Waals surface area contributed by atoms with E-state index < -0.39 is 29.7 Å². The Morgan fingerprint density at radius 2 is 1.46 bits per heavy atom. The maximum atomic E-state index is 12.9. The summed E-state index contributed by atoms with van der Waals surface area (Å²) in [5.41, 5.74) is -2.18. The van der Waals surface area contributed by atoms with Gasteiger partial charge in [0, 0.05) is 19.0 Å². The number of rotatable bonds is 6. The molecule has 0 saturated carbocycles. The fraction of sp³-hybridized carbons (Fsp3) is 0.211. The van der Waals surface area contributed by atoms with Gasteiger partial charge in [-0.3, -0.25) is 9.59 Å². The van der Waals surface area contributed by atoms with Crippen LogP contribution in [0.2, 0.25) is 0 Å². The minimum atomic E-state index is -5.36. The monoisotopic (exact) mass is 394 g/mol. The lowest BCUT2D eigenvalue weighted by molar-refractivity contribution is -0.218. The molecule has 28 heavy (non-hydrogen) atoms. The Balaban J connectivity index is 2.43. The molecule has 1 unspecified atom stereocenters. The Morgan fingerprint density at radius 3 is 1.96 bits per heavy atom. The molecule has 2 aromatic carbocycles. The number of hydrogen-bond donors (Lipinski definition) is 2. The van der Waals surface area contributed by atoms with E-state index in [1.807, 2.05) is 0 Å². The topological polar surface area (TPSA) is 84.5 Å². The van der Waals surface area contributed by atoms with Crippen LogP contribution in [0.3, 0.4) is 0 Å². The van der Waals surface area contributed by atoms with E-state index in [2.05, 4.69) is 15.4 Å². The van der Waals surface area contributed by atoms with Gasteiger partial charge in [0.25, 0.3) is 11.6 Å². The van der Waals surface area contributed by atoms with Gasteiger partial charge in [0.1, 0.15) is 0 Å². The third kappa shape index (κ3) is 5.09. The van der Waals surface area contributed by atoms with E-state index in [-0.39, 0.29) is 12.1 Å². The molecule has 2 rings (SSSR count). The van der Waals surface area contributed by atoms with Gasteiger partial charge in [0.05, 0.1) is 0 Å². The standard InChI is InChI=1S/C19H17F3N2O4/c1-13(25)24-18(15-10-6-3-7-11-15,28-17(27)19(20,21)22)16(26)23-12-14-8-4-2-5-9-14/h2-11H,12H2,1H3,(H,23,26)(H,24,25). The van der Waals surface area contributed by atoms with Gasteiger partial charge >= 0.3 is 12.1 Å². The minimum Gasteiger partial charge on any atom is -0.418 e. The van der Waals surface area contributed by atoms with E-state index in [9.17, 15) is 27.6 Å². The summed E-state index contributed by atoms with van der Waals surface area (Å²) in [6.45, 7) is 0.932. The van der Waals surface area contributed by atoms with Crippen molar-refractivity contribution in [2.75, 3.05) is 0 Å². The van der Waals surface area contributed by atoms with Crippen molar-refractivity contribution in [3.8, 4) is 0 Å². The highest BCUT2D eigenvalue weighted by Gasteiger charge is 2.52. The zero-order chi connectivity index (χ0) is 20.8. The first-order valence-electron chi connectivity index (χ1n) is 8.12. The molecular weight excluding hydrogens is 377 g/mol. The predicted molar refractivity (Wildman–Crippen MR) is 92.4 cm³/mol. The average molecular weight is 394 g/mol. The molecule has 0 aromatic heterocycles. The van der Waals surface area contributed by atoms with Gasteiger partial charge < -0.3 is 15.4 Å². The van der Waals surface area contributed by atoms with Crippen LogP contribution < -0.4 is 10.6 Å². The van der Waals surface area contributed by atoms with Crippen LogP contribution in [0, 0.1) is 0 Å². The third-order valence-electron chi connectivity index (χ3n) is 3.63. The number of hydrogen-bond acceptors (Lipinski definition) is 4. The zero-order valence-corrected chi connectivity index (χ0v) is 14.7. The van der Waals surface area contributed by atoms with Crippen molar-refractivity contribution in [1.29, 1.82) is 0 Å². The van der Waals surface area contributed by atoms with Crippen molar-refractivity contribution in [3.05, 3.63) is 71.8 Å². The lowest BCUT2D eigenvalue weighted by atomic mass is 10.0.